The molecule has 0 saturated carbocycles. The van der Waals surface area contributed by atoms with Crippen LogP contribution in [-0.2, 0) is 30.8 Å². The Morgan fingerprint density at radius 3 is 2.74 bits per heavy atom. The predicted molar refractivity (Wildman–Crippen MR) is 119 cm³/mol. The summed E-state index contributed by atoms with van der Waals surface area (Å²) in [5, 5.41) is 0. The maximum atomic E-state index is 13.3. The van der Waals surface area contributed by atoms with Gasteiger partial charge in [0.05, 0.1) is 19.8 Å². The molecular formula is C25H31N3O3. The van der Waals surface area contributed by atoms with Crippen LogP contribution in [0.3, 0.4) is 0 Å². The van der Waals surface area contributed by atoms with Crippen LogP contribution in [0.15, 0.2) is 35.1 Å². The van der Waals surface area contributed by atoms with Gasteiger partial charge < -0.3 is 14.0 Å². The highest BCUT2D eigenvalue weighted by molar-refractivity contribution is 5.39. The number of aromatic nitrogens is 1. The third-order valence-corrected chi connectivity index (χ3v) is 7.42. The van der Waals surface area contributed by atoms with Gasteiger partial charge in [0.1, 0.15) is 5.75 Å². The molecule has 2 fully saturated rings. The Balaban J connectivity index is 1.19. The zero-order valence-corrected chi connectivity index (χ0v) is 18.1. The van der Waals surface area contributed by atoms with E-state index in [4.69, 9.17) is 9.47 Å². The minimum Gasteiger partial charge on any atom is -0.493 e. The summed E-state index contributed by atoms with van der Waals surface area (Å²) in [6, 6.07) is 11.0. The Morgan fingerprint density at radius 2 is 1.84 bits per heavy atom. The van der Waals surface area contributed by atoms with Gasteiger partial charge in [-0.1, -0.05) is 18.2 Å². The molecule has 1 aromatic carbocycles. The molecule has 4 aliphatic rings. The predicted octanol–water partition coefficient (Wildman–Crippen LogP) is 2.23. The number of rotatable bonds is 4. The SMILES string of the molecule is O=c1c(CN2CCOCC2)ccc2n1C[C@H]1C[C@@H]2CN(Cc2ccc3c(c2)CCO3)C1. The highest BCUT2D eigenvalue weighted by Crippen LogP contribution is 2.36. The second-order valence-corrected chi connectivity index (χ2v) is 9.62. The van der Waals surface area contributed by atoms with Crippen LogP contribution in [0.5, 0.6) is 5.75 Å². The molecule has 0 N–H and O–H groups in total. The number of benzene rings is 1. The van der Waals surface area contributed by atoms with Crippen LogP contribution in [0.2, 0.25) is 0 Å². The summed E-state index contributed by atoms with van der Waals surface area (Å²) in [5.74, 6) is 2.07. The zero-order valence-electron chi connectivity index (χ0n) is 18.1. The van der Waals surface area contributed by atoms with Crippen LogP contribution in [0.1, 0.15) is 34.7 Å². The first-order valence-corrected chi connectivity index (χ1v) is 11.7. The summed E-state index contributed by atoms with van der Waals surface area (Å²) in [4.78, 5) is 18.2. The average Bonchev–Trinajstić information content (AvgIpc) is 3.25. The van der Waals surface area contributed by atoms with E-state index in [1.165, 1.54) is 23.2 Å². The van der Waals surface area contributed by atoms with Crippen molar-refractivity contribution in [2.75, 3.05) is 46.0 Å². The fourth-order valence-corrected chi connectivity index (χ4v) is 5.94. The number of hydrogen-bond acceptors (Lipinski definition) is 5. The van der Waals surface area contributed by atoms with Crippen molar-refractivity contribution in [3.63, 3.8) is 0 Å². The minimum absolute atomic E-state index is 0.228. The van der Waals surface area contributed by atoms with Gasteiger partial charge in [-0.3, -0.25) is 14.6 Å². The van der Waals surface area contributed by atoms with Crippen molar-refractivity contribution in [1.29, 1.82) is 0 Å². The van der Waals surface area contributed by atoms with Crippen LogP contribution in [0.25, 0.3) is 0 Å². The summed E-state index contributed by atoms with van der Waals surface area (Å²) in [6.45, 7) is 8.86. The second-order valence-electron chi connectivity index (χ2n) is 9.62. The second kappa shape index (κ2) is 8.08. The lowest BCUT2D eigenvalue weighted by Gasteiger charge is -2.43. The van der Waals surface area contributed by atoms with Gasteiger partial charge >= 0.3 is 0 Å². The van der Waals surface area contributed by atoms with Crippen LogP contribution in [-0.4, -0.2) is 60.4 Å². The molecule has 4 aliphatic heterocycles. The molecule has 6 heteroatoms. The summed E-state index contributed by atoms with van der Waals surface area (Å²) >= 11 is 0. The molecule has 164 valence electrons. The zero-order chi connectivity index (χ0) is 20.8. The summed E-state index contributed by atoms with van der Waals surface area (Å²) < 4.78 is 13.2. The van der Waals surface area contributed by atoms with E-state index in [1.54, 1.807) is 0 Å². The topological polar surface area (TPSA) is 46.9 Å². The van der Waals surface area contributed by atoms with Crippen molar-refractivity contribution < 1.29 is 9.47 Å². The van der Waals surface area contributed by atoms with Crippen molar-refractivity contribution in [3.8, 4) is 5.75 Å². The van der Waals surface area contributed by atoms with E-state index in [2.05, 4.69) is 44.7 Å². The van der Waals surface area contributed by atoms with Gasteiger partial charge in [-0.2, -0.15) is 0 Å². The van der Waals surface area contributed by atoms with E-state index >= 15 is 0 Å². The summed E-state index contributed by atoms with van der Waals surface area (Å²) in [6.07, 6.45) is 2.23. The number of nitrogens with zero attached hydrogens (tertiary/aromatic N) is 3. The number of fused-ring (bicyclic) bond motifs is 5. The normalized spacial score (nSPS) is 25.7. The lowest BCUT2D eigenvalue weighted by Crippen LogP contribution is -2.47. The average molecular weight is 422 g/mol. The number of likely N-dealkylation sites (tertiary alicyclic amines) is 1. The van der Waals surface area contributed by atoms with Crippen LogP contribution in [0, 0.1) is 5.92 Å². The Hall–Kier alpha value is -2.15. The lowest BCUT2D eigenvalue weighted by molar-refractivity contribution is 0.0338. The number of piperidine rings is 1. The molecule has 31 heavy (non-hydrogen) atoms. The molecule has 6 rings (SSSR count). The first-order valence-electron chi connectivity index (χ1n) is 11.7. The van der Waals surface area contributed by atoms with Crippen LogP contribution >= 0.6 is 0 Å². The highest BCUT2D eigenvalue weighted by Gasteiger charge is 2.35. The summed E-state index contributed by atoms with van der Waals surface area (Å²) in [5.41, 5.74) is 5.12. The highest BCUT2D eigenvalue weighted by atomic mass is 16.5. The molecule has 2 bridgehead atoms. The Labute approximate surface area is 183 Å². The van der Waals surface area contributed by atoms with Gasteiger partial charge in [0.25, 0.3) is 5.56 Å². The van der Waals surface area contributed by atoms with E-state index in [-0.39, 0.29) is 5.56 Å². The number of morpholine rings is 1. The third-order valence-electron chi connectivity index (χ3n) is 7.42. The first-order chi connectivity index (χ1) is 15.2. The maximum absolute atomic E-state index is 13.3. The van der Waals surface area contributed by atoms with E-state index < -0.39 is 0 Å². The first kappa shape index (κ1) is 19.5. The van der Waals surface area contributed by atoms with Gasteiger partial charge in [-0.05, 0) is 35.6 Å². The monoisotopic (exact) mass is 421 g/mol. The fraction of sp³-hybridized carbons (Fsp3) is 0.560. The van der Waals surface area contributed by atoms with Gasteiger partial charge in [-0.15, -0.1) is 0 Å². The van der Waals surface area contributed by atoms with Gasteiger partial charge in [0, 0.05) is 69.4 Å². The molecule has 0 aliphatic carbocycles. The van der Waals surface area contributed by atoms with Gasteiger partial charge in [0.15, 0.2) is 0 Å². The van der Waals surface area contributed by atoms with Gasteiger partial charge in [-0.25, -0.2) is 0 Å². The Kier molecular flexibility index (Phi) is 5.09. The molecule has 2 saturated heterocycles. The third kappa shape index (κ3) is 3.81. The molecule has 0 amide bonds. The smallest absolute Gasteiger partial charge is 0.255 e. The molecule has 2 aromatic rings. The van der Waals surface area contributed by atoms with Crippen molar-refractivity contribution in [2.45, 2.75) is 38.4 Å². The number of pyridine rings is 1. The quantitative estimate of drug-likeness (QED) is 0.758. The van der Waals surface area contributed by atoms with Crippen LogP contribution in [0.4, 0.5) is 0 Å². The molecule has 6 nitrogen and oxygen atoms in total. The molecule has 0 spiro atoms. The molecule has 1 aromatic heterocycles. The molecular weight excluding hydrogens is 390 g/mol. The Morgan fingerprint density at radius 1 is 0.935 bits per heavy atom. The fourth-order valence-electron chi connectivity index (χ4n) is 5.94. The van der Waals surface area contributed by atoms with E-state index in [9.17, 15) is 4.79 Å². The standard InChI is InChI=1S/C25H31N3O3/c29-25-21(16-26-6-9-30-10-7-26)2-3-23-22-12-19(15-28(23)25)14-27(17-22)13-18-1-4-24-20(11-18)5-8-31-24/h1-4,11,19,22H,5-10,12-17H2/t19-,22+/m0/s1. The molecule has 0 unspecified atom stereocenters. The molecule has 2 atom stereocenters. The van der Waals surface area contributed by atoms with Gasteiger partial charge in [0.2, 0.25) is 0 Å². The van der Waals surface area contributed by atoms with E-state index in [1.807, 2.05) is 0 Å². The van der Waals surface area contributed by atoms with Crippen molar-refractivity contribution >= 4 is 0 Å². The number of hydrogen-bond donors (Lipinski definition) is 0. The maximum Gasteiger partial charge on any atom is 0.255 e. The number of ether oxygens (including phenoxy) is 2. The summed E-state index contributed by atoms with van der Waals surface area (Å²) in [7, 11) is 0. The Bertz CT molecular complexity index is 1030. The van der Waals surface area contributed by atoms with E-state index in [0.717, 1.165) is 83.4 Å². The van der Waals surface area contributed by atoms with E-state index in [0.29, 0.717) is 11.8 Å². The minimum atomic E-state index is 0.228. The molecule has 5 heterocycles. The van der Waals surface area contributed by atoms with Crippen molar-refractivity contribution in [2.24, 2.45) is 5.92 Å². The van der Waals surface area contributed by atoms with Crippen LogP contribution < -0.4 is 10.3 Å². The lowest BCUT2D eigenvalue weighted by atomic mass is 9.82. The van der Waals surface area contributed by atoms with Crippen molar-refractivity contribution in [1.82, 2.24) is 14.4 Å². The largest absolute Gasteiger partial charge is 0.493 e. The van der Waals surface area contributed by atoms with Crippen molar-refractivity contribution in [3.05, 3.63) is 63.1 Å². The molecule has 0 radical (unpaired) electrons.